The second kappa shape index (κ2) is 7.66. The molecule has 0 aliphatic carbocycles. The summed E-state index contributed by atoms with van der Waals surface area (Å²) in [6, 6.07) is 13.8. The molecule has 2 atom stereocenters. The molecular formula is C20H22FNO3. The van der Waals surface area contributed by atoms with Crippen molar-refractivity contribution in [3.05, 3.63) is 65.5 Å². The highest BCUT2D eigenvalue weighted by Gasteiger charge is 2.32. The first kappa shape index (κ1) is 17.4. The molecule has 1 saturated heterocycles. The van der Waals surface area contributed by atoms with Gasteiger partial charge in [-0.15, -0.1) is 0 Å². The molecule has 2 aromatic carbocycles. The zero-order valence-corrected chi connectivity index (χ0v) is 14.2. The maximum Gasteiger partial charge on any atom is 0.320 e. The standard InChI is InChI=1S/C20H22FNO3/c1-22-18(7-4-8-19(22)20(23)24)14-9-11-16(12-10-14)25-13-15-5-2-3-6-17(15)21/h2-3,5-6,9-12,18-19H,4,7-8,13H2,1H3,(H,23,24)/t18-,19+/m0/s1. The number of hydrogen-bond donors (Lipinski definition) is 1. The van der Waals surface area contributed by atoms with Crippen molar-refractivity contribution in [3.63, 3.8) is 0 Å². The number of rotatable bonds is 5. The first-order valence-corrected chi connectivity index (χ1v) is 8.47. The van der Waals surface area contributed by atoms with Crippen molar-refractivity contribution in [1.82, 2.24) is 4.90 Å². The molecule has 25 heavy (non-hydrogen) atoms. The van der Waals surface area contributed by atoms with Crippen LogP contribution in [0.4, 0.5) is 4.39 Å². The van der Waals surface area contributed by atoms with E-state index < -0.39 is 12.0 Å². The first-order valence-electron chi connectivity index (χ1n) is 8.47. The fourth-order valence-corrected chi connectivity index (χ4v) is 3.39. The van der Waals surface area contributed by atoms with E-state index in [1.807, 2.05) is 36.2 Å². The van der Waals surface area contributed by atoms with Crippen LogP contribution in [0.1, 0.15) is 36.4 Å². The van der Waals surface area contributed by atoms with Gasteiger partial charge in [0.1, 0.15) is 24.2 Å². The summed E-state index contributed by atoms with van der Waals surface area (Å²) in [7, 11) is 1.87. The molecule has 0 amide bonds. The molecule has 1 aliphatic heterocycles. The molecule has 3 rings (SSSR count). The second-order valence-corrected chi connectivity index (χ2v) is 6.42. The van der Waals surface area contributed by atoms with Gasteiger partial charge < -0.3 is 9.84 Å². The van der Waals surface area contributed by atoms with Crippen molar-refractivity contribution >= 4 is 5.97 Å². The molecule has 0 saturated carbocycles. The topological polar surface area (TPSA) is 49.8 Å². The average molecular weight is 343 g/mol. The monoisotopic (exact) mass is 343 g/mol. The highest BCUT2D eigenvalue weighted by Crippen LogP contribution is 2.33. The quantitative estimate of drug-likeness (QED) is 0.891. The summed E-state index contributed by atoms with van der Waals surface area (Å²) in [6.45, 7) is 0.177. The van der Waals surface area contributed by atoms with Crippen molar-refractivity contribution < 1.29 is 19.0 Å². The number of likely N-dealkylation sites (N-methyl/N-ethyl adjacent to an activating group) is 1. The number of carboxylic acid groups (broad SMARTS) is 1. The van der Waals surface area contributed by atoms with Crippen LogP contribution in [0.2, 0.25) is 0 Å². The molecule has 4 nitrogen and oxygen atoms in total. The predicted molar refractivity (Wildman–Crippen MR) is 93.0 cm³/mol. The van der Waals surface area contributed by atoms with Crippen molar-refractivity contribution in [2.75, 3.05) is 7.05 Å². The molecule has 2 aromatic rings. The lowest BCUT2D eigenvalue weighted by Crippen LogP contribution is -2.43. The molecule has 0 spiro atoms. The van der Waals surface area contributed by atoms with E-state index in [1.165, 1.54) is 6.07 Å². The third kappa shape index (κ3) is 3.99. The van der Waals surface area contributed by atoms with Crippen LogP contribution in [0.15, 0.2) is 48.5 Å². The number of nitrogens with zero attached hydrogens (tertiary/aromatic N) is 1. The van der Waals surface area contributed by atoms with Crippen LogP contribution >= 0.6 is 0 Å². The summed E-state index contributed by atoms with van der Waals surface area (Å²) in [5, 5.41) is 9.33. The van der Waals surface area contributed by atoms with Crippen molar-refractivity contribution in [2.45, 2.75) is 38.0 Å². The Morgan fingerprint density at radius 1 is 1.20 bits per heavy atom. The summed E-state index contributed by atoms with van der Waals surface area (Å²) in [5.74, 6) is -0.375. The van der Waals surface area contributed by atoms with Crippen molar-refractivity contribution in [3.8, 4) is 5.75 Å². The lowest BCUT2D eigenvalue weighted by atomic mass is 9.91. The van der Waals surface area contributed by atoms with Crippen LogP contribution in [0.3, 0.4) is 0 Å². The Kier molecular flexibility index (Phi) is 5.34. The number of piperidine rings is 1. The first-order chi connectivity index (χ1) is 12.1. The Morgan fingerprint density at radius 2 is 1.92 bits per heavy atom. The Bertz CT molecular complexity index is 732. The van der Waals surface area contributed by atoms with Crippen LogP contribution in [-0.4, -0.2) is 29.1 Å². The fraction of sp³-hybridized carbons (Fsp3) is 0.350. The highest BCUT2D eigenvalue weighted by atomic mass is 19.1. The van der Waals surface area contributed by atoms with Crippen LogP contribution < -0.4 is 4.74 Å². The van der Waals surface area contributed by atoms with E-state index in [2.05, 4.69) is 0 Å². The normalized spacial score (nSPS) is 21.0. The zero-order chi connectivity index (χ0) is 17.8. The average Bonchev–Trinajstić information content (AvgIpc) is 2.61. The minimum atomic E-state index is -0.767. The van der Waals surface area contributed by atoms with E-state index >= 15 is 0 Å². The van der Waals surface area contributed by atoms with Gasteiger partial charge in [0.15, 0.2) is 0 Å². The van der Waals surface area contributed by atoms with Gasteiger partial charge in [0, 0.05) is 11.6 Å². The lowest BCUT2D eigenvalue weighted by molar-refractivity contribution is -0.145. The van der Waals surface area contributed by atoms with Gasteiger partial charge in [0.2, 0.25) is 0 Å². The molecule has 0 radical (unpaired) electrons. The number of likely N-dealkylation sites (tertiary alicyclic amines) is 1. The maximum atomic E-state index is 13.6. The van der Waals surface area contributed by atoms with Gasteiger partial charge in [-0.2, -0.15) is 0 Å². The molecule has 1 N–H and O–H groups in total. The van der Waals surface area contributed by atoms with E-state index in [4.69, 9.17) is 4.74 Å². The lowest BCUT2D eigenvalue weighted by Gasteiger charge is -2.37. The van der Waals surface area contributed by atoms with Crippen LogP contribution in [0, 0.1) is 5.82 Å². The SMILES string of the molecule is CN1[C@@H](C(=O)O)CCC[C@H]1c1ccc(OCc2ccccc2F)cc1. The van der Waals surface area contributed by atoms with Gasteiger partial charge in [-0.3, -0.25) is 9.69 Å². The van der Waals surface area contributed by atoms with Gasteiger partial charge in [-0.25, -0.2) is 4.39 Å². The number of carboxylic acids is 1. The fourth-order valence-electron chi connectivity index (χ4n) is 3.39. The largest absolute Gasteiger partial charge is 0.489 e. The summed E-state index contributed by atoms with van der Waals surface area (Å²) >= 11 is 0. The smallest absolute Gasteiger partial charge is 0.320 e. The molecule has 1 fully saturated rings. The van der Waals surface area contributed by atoms with E-state index in [9.17, 15) is 14.3 Å². The molecule has 1 aliphatic rings. The highest BCUT2D eigenvalue weighted by molar-refractivity contribution is 5.73. The zero-order valence-electron chi connectivity index (χ0n) is 14.2. The van der Waals surface area contributed by atoms with E-state index in [-0.39, 0.29) is 18.5 Å². The Morgan fingerprint density at radius 3 is 2.60 bits per heavy atom. The van der Waals surface area contributed by atoms with Crippen LogP contribution in [-0.2, 0) is 11.4 Å². The number of aliphatic carboxylic acids is 1. The summed E-state index contributed by atoms with van der Waals surface area (Å²) in [4.78, 5) is 13.3. The number of benzene rings is 2. The summed E-state index contributed by atoms with van der Waals surface area (Å²) in [5.41, 5.74) is 1.59. The number of hydrogen-bond acceptors (Lipinski definition) is 3. The van der Waals surface area contributed by atoms with Crippen molar-refractivity contribution in [2.24, 2.45) is 0 Å². The van der Waals surface area contributed by atoms with E-state index in [1.54, 1.807) is 18.2 Å². The molecular weight excluding hydrogens is 321 g/mol. The third-order valence-electron chi connectivity index (χ3n) is 4.84. The van der Waals surface area contributed by atoms with Crippen LogP contribution in [0.5, 0.6) is 5.75 Å². The molecule has 0 aromatic heterocycles. The summed E-state index contributed by atoms with van der Waals surface area (Å²) in [6.07, 6.45) is 2.53. The van der Waals surface area contributed by atoms with Gasteiger partial charge in [0.25, 0.3) is 0 Å². The van der Waals surface area contributed by atoms with Gasteiger partial charge in [0.05, 0.1) is 0 Å². The molecule has 132 valence electrons. The molecule has 1 heterocycles. The molecule has 0 unspecified atom stereocenters. The van der Waals surface area contributed by atoms with Gasteiger partial charge in [-0.05, 0) is 50.1 Å². The van der Waals surface area contributed by atoms with Crippen molar-refractivity contribution in [1.29, 1.82) is 0 Å². The minimum absolute atomic E-state index is 0.0930. The maximum absolute atomic E-state index is 13.6. The Hall–Kier alpha value is -2.40. The molecule has 0 bridgehead atoms. The molecule has 5 heteroatoms. The third-order valence-corrected chi connectivity index (χ3v) is 4.84. The Balaban J connectivity index is 1.66. The number of halogens is 1. The number of carbonyl (C=O) groups is 1. The second-order valence-electron chi connectivity index (χ2n) is 6.42. The van der Waals surface area contributed by atoms with Gasteiger partial charge in [-0.1, -0.05) is 30.3 Å². The van der Waals surface area contributed by atoms with Gasteiger partial charge >= 0.3 is 5.97 Å². The Labute approximate surface area is 146 Å². The minimum Gasteiger partial charge on any atom is -0.489 e. The summed E-state index contributed by atoms with van der Waals surface area (Å²) < 4.78 is 19.3. The van der Waals surface area contributed by atoms with Crippen LogP contribution in [0.25, 0.3) is 0 Å². The van der Waals surface area contributed by atoms with E-state index in [0.717, 1.165) is 18.4 Å². The predicted octanol–water partition coefficient (Wildman–Crippen LogP) is 4.01. The number of ether oxygens (including phenoxy) is 1. The van der Waals surface area contributed by atoms with E-state index in [0.29, 0.717) is 17.7 Å².